The summed E-state index contributed by atoms with van der Waals surface area (Å²) in [4.78, 5) is 11.2. The van der Waals surface area contributed by atoms with E-state index in [0.717, 1.165) is 0 Å². The van der Waals surface area contributed by atoms with Crippen LogP contribution in [0.25, 0.3) is 0 Å². The lowest BCUT2D eigenvalue weighted by Crippen LogP contribution is -2.44. The molecule has 104 valence electrons. The average Bonchev–Trinajstić information content (AvgIpc) is 2.30. The quantitative estimate of drug-likeness (QED) is 0.507. The maximum atomic E-state index is 11.2. The molecule has 0 aromatic heterocycles. The van der Waals surface area contributed by atoms with Crippen molar-refractivity contribution in [2.75, 3.05) is 5.32 Å². The Morgan fingerprint density at radius 2 is 2.05 bits per heavy atom. The van der Waals surface area contributed by atoms with Gasteiger partial charge in [-0.25, -0.2) is 0 Å². The summed E-state index contributed by atoms with van der Waals surface area (Å²) in [6.45, 7) is 1.52. The van der Waals surface area contributed by atoms with E-state index in [9.17, 15) is 4.79 Å². The molecule has 1 rings (SSSR count). The highest BCUT2D eigenvalue weighted by Crippen LogP contribution is 2.24. The normalized spacial score (nSPS) is 11.6. The molecule has 0 saturated carbocycles. The first-order chi connectivity index (χ1) is 8.88. The predicted octanol–water partition coefficient (Wildman–Crippen LogP) is 2.08. The largest absolute Gasteiger partial charge is 0.393 e. The van der Waals surface area contributed by atoms with Crippen LogP contribution in [0.3, 0.4) is 0 Å². The minimum Gasteiger partial charge on any atom is -0.393 e. The molecule has 8 heteroatoms. The van der Waals surface area contributed by atoms with Crippen LogP contribution < -0.4 is 16.2 Å². The summed E-state index contributed by atoms with van der Waals surface area (Å²) in [6.07, 6.45) is -0.721. The van der Waals surface area contributed by atoms with Crippen LogP contribution >= 0.6 is 35.4 Å². The van der Waals surface area contributed by atoms with Crippen molar-refractivity contribution >= 4 is 52.1 Å². The van der Waals surface area contributed by atoms with Gasteiger partial charge in [0.05, 0.1) is 22.6 Å². The summed E-state index contributed by atoms with van der Waals surface area (Å²) < 4.78 is 0. The van der Waals surface area contributed by atoms with Crippen LogP contribution in [0.5, 0.6) is 0 Å². The molecule has 0 bridgehead atoms. The summed E-state index contributed by atoms with van der Waals surface area (Å²) in [7, 11) is 0. The number of carbonyl (C=O) groups excluding carboxylic acids is 1. The Hall–Kier alpha value is -1.08. The molecule has 0 saturated heterocycles. The molecule has 0 aliphatic rings. The highest BCUT2D eigenvalue weighted by molar-refractivity contribution is 7.80. The Morgan fingerprint density at radius 1 is 1.37 bits per heavy atom. The molecule has 5 nitrogen and oxygen atoms in total. The second-order valence-electron chi connectivity index (χ2n) is 3.81. The van der Waals surface area contributed by atoms with E-state index in [1.165, 1.54) is 6.92 Å². The van der Waals surface area contributed by atoms with Crippen molar-refractivity contribution < 1.29 is 9.90 Å². The Balaban J connectivity index is 2.43. The van der Waals surface area contributed by atoms with Crippen LogP contribution in [0.4, 0.5) is 5.69 Å². The zero-order valence-electron chi connectivity index (χ0n) is 10.0. The molecule has 0 spiro atoms. The van der Waals surface area contributed by atoms with Gasteiger partial charge < -0.3 is 10.4 Å². The molecule has 1 aromatic rings. The maximum absolute atomic E-state index is 11.2. The number of nitrogens with one attached hydrogen (secondary N) is 3. The van der Waals surface area contributed by atoms with Crippen LogP contribution in [-0.2, 0) is 4.79 Å². The molecule has 0 radical (unpaired) electrons. The zero-order chi connectivity index (χ0) is 14.4. The summed E-state index contributed by atoms with van der Waals surface area (Å²) in [6, 6.07) is 4.93. The molecule has 0 fully saturated rings. The monoisotopic (exact) mass is 321 g/mol. The molecule has 0 aliphatic heterocycles. The third-order valence-corrected chi connectivity index (χ3v) is 2.92. The number of benzene rings is 1. The van der Waals surface area contributed by atoms with Gasteiger partial charge >= 0.3 is 0 Å². The van der Waals surface area contributed by atoms with E-state index in [2.05, 4.69) is 16.2 Å². The number of amides is 1. The zero-order valence-corrected chi connectivity index (χ0v) is 12.4. The molecule has 4 N–H and O–H groups in total. The predicted molar refractivity (Wildman–Crippen MR) is 80.3 cm³/mol. The van der Waals surface area contributed by atoms with Gasteiger partial charge in [0, 0.05) is 5.69 Å². The van der Waals surface area contributed by atoms with E-state index in [1.54, 1.807) is 18.2 Å². The summed E-state index contributed by atoms with van der Waals surface area (Å²) in [5, 5.41) is 12.9. The maximum Gasteiger partial charge on any atom is 0.240 e. The highest BCUT2D eigenvalue weighted by Gasteiger charge is 2.06. The minimum atomic E-state index is -0.710. The van der Waals surface area contributed by atoms with Crippen molar-refractivity contribution in [2.24, 2.45) is 0 Å². The fourth-order valence-electron chi connectivity index (χ4n) is 1.18. The van der Waals surface area contributed by atoms with Crippen LogP contribution in [-0.4, -0.2) is 22.2 Å². The van der Waals surface area contributed by atoms with E-state index in [0.29, 0.717) is 15.7 Å². The standard InChI is InChI=1S/C11H13Cl2N3O2S/c1-6(17)4-10(18)15-16-11(19)14-7-2-3-8(12)9(13)5-7/h2-3,5-6,17H,4H2,1H3,(H,15,18)(H2,14,16,19)/t6-/m0/s1. The van der Waals surface area contributed by atoms with Crippen molar-refractivity contribution in [1.29, 1.82) is 0 Å². The third kappa shape index (κ3) is 6.07. The molecule has 0 unspecified atom stereocenters. The van der Waals surface area contributed by atoms with Crippen molar-refractivity contribution in [3.8, 4) is 0 Å². The summed E-state index contributed by atoms with van der Waals surface area (Å²) in [5.41, 5.74) is 5.49. The van der Waals surface area contributed by atoms with E-state index in [-0.39, 0.29) is 17.4 Å². The summed E-state index contributed by atoms with van der Waals surface area (Å²) >= 11 is 16.6. The molecule has 1 aromatic carbocycles. The number of aliphatic hydroxyl groups excluding tert-OH is 1. The van der Waals surface area contributed by atoms with Crippen LogP contribution in [0.1, 0.15) is 13.3 Å². The lowest BCUT2D eigenvalue weighted by Gasteiger charge is -2.12. The highest BCUT2D eigenvalue weighted by atomic mass is 35.5. The molecule has 1 amide bonds. The third-order valence-electron chi connectivity index (χ3n) is 1.97. The number of aliphatic hydroxyl groups is 1. The molecular formula is C11H13Cl2N3O2S. The van der Waals surface area contributed by atoms with E-state index in [4.69, 9.17) is 40.5 Å². The lowest BCUT2D eigenvalue weighted by atomic mass is 10.3. The number of hydrogen-bond donors (Lipinski definition) is 4. The van der Waals surface area contributed by atoms with Gasteiger partial charge in [-0.05, 0) is 37.3 Å². The van der Waals surface area contributed by atoms with Gasteiger partial charge in [0.25, 0.3) is 0 Å². The Morgan fingerprint density at radius 3 is 2.63 bits per heavy atom. The number of rotatable bonds is 3. The van der Waals surface area contributed by atoms with Crippen molar-refractivity contribution in [3.63, 3.8) is 0 Å². The second kappa shape index (κ2) is 7.49. The number of thiocarbonyl (C=S) groups is 1. The number of hydrazine groups is 1. The van der Waals surface area contributed by atoms with E-state index >= 15 is 0 Å². The van der Waals surface area contributed by atoms with Crippen LogP contribution in [0.2, 0.25) is 10.0 Å². The number of carbonyl (C=O) groups is 1. The SMILES string of the molecule is C[C@H](O)CC(=O)NNC(=S)Nc1ccc(Cl)c(Cl)c1. The first-order valence-electron chi connectivity index (χ1n) is 5.37. The number of hydrogen-bond acceptors (Lipinski definition) is 3. The van der Waals surface area contributed by atoms with E-state index in [1.807, 2.05) is 0 Å². The fourth-order valence-corrected chi connectivity index (χ4v) is 1.65. The first-order valence-corrected chi connectivity index (χ1v) is 6.54. The van der Waals surface area contributed by atoms with Crippen LogP contribution in [0, 0.1) is 0 Å². The second-order valence-corrected chi connectivity index (χ2v) is 5.03. The van der Waals surface area contributed by atoms with Gasteiger partial charge in [-0.2, -0.15) is 0 Å². The average molecular weight is 322 g/mol. The summed E-state index contributed by atoms with van der Waals surface area (Å²) in [5.74, 6) is -0.367. The van der Waals surface area contributed by atoms with Crippen molar-refractivity contribution in [2.45, 2.75) is 19.4 Å². The number of halogens is 2. The Bertz CT molecular complexity index is 483. The first kappa shape index (κ1) is 16.0. The molecule has 19 heavy (non-hydrogen) atoms. The number of anilines is 1. The van der Waals surface area contributed by atoms with Gasteiger partial charge in [0.15, 0.2) is 5.11 Å². The van der Waals surface area contributed by atoms with Crippen molar-refractivity contribution in [1.82, 2.24) is 10.9 Å². The van der Waals surface area contributed by atoms with E-state index < -0.39 is 6.10 Å². The Labute approximate surface area is 126 Å². The van der Waals surface area contributed by atoms with Gasteiger partial charge in [0.2, 0.25) is 5.91 Å². The lowest BCUT2D eigenvalue weighted by molar-refractivity contribution is -0.123. The van der Waals surface area contributed by atoms with Crippen molar-refractivity contribution in [3.05, 3.63) is 28.2 Å². The minimum absolute atomic E-state index is 0.0115. The molecule has 0 aliphatic carbocycles. The van der Waals surface area contributed by atoms with Gasteiger partial charge in [-0.3, -0.25) is 15.6 Å². The molecule has 0 heterocycles. The fraction of sp³-hybridized carbons (Fsp3) is 0.273. The van der Waals surface area contributed by atoms with Gasteiger partial charge in [-0.15, -0.1) is 0 Å². The Kier molecular flexibility index (Phi) is 6.30. The van der Waals surface area contributed by atoms with Gasteiger partial charge in [0.1, 0.15) is 0 Å². The molecular weight excluding hydrogens is 309 g/mol. The topological polar surface area (TPSA) is 73.4 Å². The smallest absolute Gasteiger partial charge is 0.240 e. The van der Waals surface area contributed by atoms with Gasteiger partial charge in [-0.1, -0.05) is 23.2 Å². The molecule has 1 atom stereocenters. The van der Waals surface area contributed by atoms with Crippen LogP contribution in [0.15, 0.2) is 18.2 Å².